The number of nitrogens with zero attached hydrogens (tertiary/aromatic N) is 1. The van der Waals surface area contributed by atoms with Crippen LogP contribution in [0.25, 0.3) is 0 Å². The van der Waals surface area contributed by atoms with E-state index in [1.165, 1.54) is 23.3 Å². The molecule has 1 aromatic carbocycles. The van der Waals surface area contributed by atoms with Crippen LogP contribution in [0.2, 0.25) is 4.34 Å². The maximum absolute atomic E-state index is 12.3. The number of carbonyl (C=O) groups is 2. The Morgan fingerprint density at radius 3 is 2.61 bits per heavy atom. The van der Waals surface area contributed by atoms with Gasteiger partial charge in [-0.3, -0.25) is 4.79 Å². The molecule has 1 amide bonds. The van der Waals surface area contributed by atoms with Gasteiger partial charge in [-0.1, -0.05) is 24.9 Å². The maximum Gasteiger partial charge on any atom is 0.338 e. The van der Waals surface area contributed by atoms with Crippen molar-refractivity contribution in [1.82, 2.24) is 4.90 Å². The van der Waals surface area contributed by atoms with Crippen molar-refractivity contribution in [2.45, 2.75) is 26.3 Å². The average molecular weight is 426 g/mol. The molecule has 152 valence electrons. The number of thiophene rings is 1. The van der Waals surface area contributed by atoms with Crippen LogP contribution in [0.1, 0.15) is 35.0 Å². The first-order chi connectivity index (χ1) is 13.4. The van der Waals surface area contributed by atoms with Crippen molar-refractivity contribution in [3.05, 3.63) is 45.1 Å². The van der Waals surface area contributed by atoms with E-state index in [9.17, 15) is 9.59 Å². The van der Waals surface area contributed by atoms with Gasteiger partial charge < -0.3 is 19.1 Å². The van der Waals surface area contributed by atoms with Crippen molar-refractivity contribution in [3.8, 4) is 11.5 Å². The molecule has 0 fully saturated rings. The van der Waals surface area contributed by atoms with Gasteiger partial charge in [-0.25, -0.2) is 4.79 Å². The van der Waals surface area contributed by atoms with Crippen LogP contribution in [0.15, 0.2) is 30.3 Å². The number of ether oxygens (including phenoxy) is 3. The molecule has 0 bridgehead atoms. The Labute approximate surface area is 174 Å². The minimum absolute atomic E-state index is 0.292. The van der Waals surface area contributed by atoms with Crippen molar-refractivity contribution >= 4 is 34.8 Å². The number of hydrogen-bond donors (Lipinski definition) is 0. The van der Waals surface area contributed by atoms with E-state index in [4.69, 9.17) is 25.8 Å². The molecular weight excluding hydrogens is 402 g/mol. The molecule has 0 aliphatic heterocycles. The lowest BCUT2D eigenvalue weighted by Gasteiger charge is -2.16. The normalized spacial score (nSPS) is 10.4. The van der Waals surface area contributed by atoms with Crippen molar-refractivity contribution in [2.24, 2.45) is 0 Å². The molecule has 28 heavy (non-hydrogen) atoms. The number of benzene rings is 1. The molecule has 0 radical (unpaired) electrons. The summed E-state index contributed by atoms with van der Waals surface area (Å²) in [4.78, 5) is 26.9. The highest BCUT2D eigenvalue weighted by atomic mass is 35.5. The van der Waals surface area contributed by atoms with Crippen LogP contribution in [0.4, 0.5) is 0 Å². The summed E-state index contributed by atoms with van der Waals surface area (Å²) in [5.74, 6) is 0.116. The van der Waals surface area contributed by atoms with E-state index < -0.39 is 5.97 Å². The molecule has 0 unspecified atom stereocenters. The molecule has 0 aliphatic rings. The largest absolute Gasteiger partial charge is 0.493 e. The van der Waals surface area contributed by atoms with Gasteiger partial charge in [0.1, 0.15) is 0 Å². The number of halogens is 1. The van der Waals surface area contributed by atoms with Gasteiger partial charge >= 0.3 is 5.97 Å². The van der Waals surface area contributed by atoms with E-state index in [0.29, 0.717) is 34.6 Å². The van der Waals surface area contributed by atoms with Gasteiger partial charge in [0, 0.05) is 11.9 Å². The number of methoxy groups -OCH3 is 1. The Morgan fingerprint density at radius 1 is 1.18 bits per heavy atom. The third-order valence-corrected chi connectivity index (χ3v) is 5.15. The van der Waals surface area contributed by atoms with Crippen molar-refractivity contribution in [3.63, 3.8) is 0 Å². The molecule has 2 rings (SSSR count). The maximum atomic E-state index is 12.3. The molecule has 1 heterocycles. The molecule has 0 aliphatic carbocycles. The molecule has 8 heteroatoms. The van der Waals surface area contributed by atoms with Crippen LogP contribution in [0.5, 0.6) is 11.5 Å². The third-order valence-electron chi connectivity index (χ3n) is 3.93. The van der Waals surface area contributed by atoms with Crippen molar-refractivity contribution in [2.75, 3.05) is 27.4 Å². The molecular formula is C20H24ClNO5S. The van der Waals surface area contributed by atoms with Gasteiger partial charge in [-0.2, -0.15) is 0 Å². The van der Waals surface area contributed by atoms with E-state index in [0.717, 1.165) is 17.7 Å². The SMILES string of the molecule is CCCCOc1ccc(C(=O)OCC(=O)N(C)Cc2ccc(Cl)s2)cc1OC. The highest BCUT2D eigenvalue weighted by Gasteiger charge is 2.16. The standard InChI is InChI=1S/C20H24ClNO5S/c1-4-5-10-26-16-8-6-14(11-17(16)25-3)20(24)27-13-19(23)22(2)12-15-7-9-18(21)28-15/h6-9,11H,4-5,10,12-13H2,1-3H3. The summed E-state index contributed by atoms with van der Waals surface area (Å²) in [5, 5.41) is 0. The third kappa shape index (κ3) is 6.42. The predicted octanol–water partition coefficient (Wildman–Crippen LogP) is 4.40. The fourth-order valence-electron chi connectivity index (χ4n) is 2.32. The lowest BCUT2D eigenvalue weighted by atomic mass is 10.2. The van der Waals surface area contributed by atoms with Crippen LogP contribution < -0.4 is 9.47 Å². The zero-order valence-electron chi connectivity index (χ0n) is 16.2. The number of esters is 1. The summed E-state index contributed by atoms with van der Waals surface area (Å²) >= 11 is 7.30. The van der Waals surface area contributed by atoms with E-state index in [1.54, 1.807) is 31.3 Å². The van der Waals surface area contributed by atoms with Gasteiger partial charge in [-0.05, 0) is 36.8 Å². The number of likely N-dealkylation sites (N-methyl/N-ethyl adjacent to an activating group) is 1. The van der Waals surface area contributed by atoms with E-state index in [1.807, 2.05) is 6.07 Å². The van der Waals surface area contributed by atoms with Crippen LogP contribution >= 0.6 is 22.9 Å². The van der Waals surface area contributed by atoms with Gasteiger partial charge in [0.25, 0.3) is 5.91 Å². The molecule has 2 aromatic rings. The Hall–Kier alpha value is -2.25. The summed E-state index contributed by atoms with van der Waals surface area (Å²) in [7, 11) is 3.15. The zero-order chi connectivity index (χ0) is 20.5. The van der Waals surface area contributed by atoms with E-state index >= 15 is 0 Å². The van der Waals surface area contributed by atoms with Crippen LogP contribution in [0.3, 0.4) is 0 Å². The lowest BCUT2D eigenvalue weighted by Crippen LogP contribution is -2.30. The monoisotopic (exact) mass is 425 g/mol. The number of hydrogen-bond acceptors (Lipinski definition) is 6. The van der Waals surface area contributed by atoms with Crippen LogP contribution in [0, 0.1) is 0 Å². The Kier molecular flexibility index (Phi) is 8.60. The van der Waals surface area contributed by atoms with E-state index in [2.05, 4.69) is 6.92 Å². The molecule has 0 atom stereocenters. The second-order valence-electron chi connectivity index (χ2n) is 6.10. The zero-order valence-corrected chi connectivity index (χ0v) is 17.8. The van der Waals surface area contributed by atoms with Gasteiger partial charge in [0.2, 0.25) is 0 Å². The first-order valence-electron chi connectivity index (χ1n) is 8.90. The second kappa shape index (κ2) is 10.9. The van der Waals surface area contributed by atoms with Gasteiger partial charge in [0.15, 0.2) is 18.1 Å². The van der Waals surface area contributed by atoms with Crippen molar-refractivity contribution in [1.29, 1.82) is 0 Å². The smallest absolute Gasteiger partial charge is 0.338 e. The highest BCUT2D eigenvalue weighted by molar-refractivity contribution is 7.16. The topological polar surface area (TPSA) is 65.1 Å². The first-order valence-corrected chi connectivity index (χ1v) is 10.1. The molecule has 6 nitrogen and oxygen atoms in total. The molecule has 1 aromatic heterocycles. The van der Waals surface area contributed by atoms with Gasteiger partial charge in [0.05, 0.1) is 30.2 Å². The van der Waals surface area contributed by atoms with Crippen LogP contribution in [-0.4, -0.2) is 44.1 Å². The van der Waals surface area contributed by atoms with Crippen molar-refractivity contribution < 1.29 is 23.8 Å². The quantitative estimate of drug-likeness (QED) is 0.417. The number of carbonyl (C=O) groups excluding carboxylic acids is 2. The van der Waals surface area contributed by atoms with Crippen LogP contribution in [-0.2, 0) is 16.1 Å². The van der Waals surface area contributed by atoms with Gasteiger partial charge in [-0.15, -0.1) is 11.3 Å². The average Bonchev–Trinajstić information content (AvgIpc) is 3.10. The Bertz CT molecular complexity index is 808. The minimum Gasteiger partial charge on any atom is -0.493 e. The molecule has 0 N–H and O–H groups in total. The summed E-state index contributed by atoms with van der Waals surface area (Å²) in [5.41, 5.74) is 0.292. The first kappa shape index (κ1) is 22.0. The fourth-order valence-corrected chi connectivity index (χ4v) is 3.46. The molecule has 0 saturated heterocycles. The summed E-state index contributed by atoms with van der Waals surface area (Å²) in [6.45, 7) is 2.72. The number of rotatable bonds is 10. The number of unbranched alkanes of at least 4 members (excludes halogenated alkanes) is 1. The summed E-state index contributed by atoms with van der Waals surface area (Å²) < 4.78 is 16.7. The Balaban J connectivity index is 1.90. The second-order valence-corrected chi connectivity index (χ2v) is 7.90. The molecule has 0 spiro atoms. The highest BCUT2D eigenvalue weighted by Crippen LogP contribution is 2.28. The fraction of sp³-hybridized carbons (Fsp3) is 0.400. The van der Waals surface area contributed by atoms with E-state index in [-0.39, 0.29) is 12.5 Å². The predicted molar refractivity (Wildman–Crippen MR) is 109 cm³/mol. The lowest BCUT2D eigenvalue weighted by molar-refractivity contribution is -0.133. The summed E-state index contributed by atoms with van der Waals surface area (Å²) in [6.07, 6.45) is 1.95. The summed E-state index contributed by atoms with van der Waals surface area (Å²) in [6, 6.07) is 8.45. The Morgan fingerprint density at radius 2 is 1.96 bits per heavy atom. The minimum atomic E-state index is -0.598. The molecule has 0 saturated carbocycles. The number of amides is 1.